The molecule has 0 aliphatic rings. The van der Waals surface area contributed by atoms with E-state index >= 15 is 0 Å². The van der Waals surface area contributed by atoms with Gasteiger partial charge < -0.3 is 10.9 Å². The van der Waals surface area contributed by atoms with E-state index in [1.54, 1.807) is 13.8 Å². The van der Waals surface area contributed by atoms with E-state index in [0.29, 0.717) is 5.57 Å². The van der Waals surface area contributed by atoms with Gasteiger partial charge in [-0.3, -0.25) is 6.08 Å². The molecule has 0 radical (unpaired) electrons. The zero-order valence-electron chi connectivity index (χ0n) is 6.41. The summed E-state index contributed by atoms with van der Waals surface area (Å²) in [6.07, 6.45) is 2.93. The van der Waals surface area contributed by atoms with Crippen molar-refractivity contribution in [2.75, 3.05) is 0 Å². The summed E-state index contributed by atoms with van der Waals surface area (Å²) in [7, 11) is 0. The van der Waals surface area contributed by atoms with Gasteiger partial charge in [0.15, 0.2) is 0 Å². The molecule has 0 atom stereocenters. The molecule has 0 amide bonds. The largest absolute Gasteiger partial charge is 0.957 e. The minimum atomic E-state index is 0.0937. The summed E-state index contributed by atoms with van der Waals surface area (Å²) in [6.45, 7) is 7.17. The third-order valence-electron chi connectivity index (χ3n) is 0.966. The molecule has 0 spiro atoms. The van der Waals surface area contributed by atoms with E-state index in [9.17, 15) is 5.11 Å². The molecule has 0 aromatic carbocycles. The molecule has 1 heteroatoms. The quantitative estimate of drug-likeness (QED) is 0.294. The zero-order valence-corrected chi connectivity index (χ0v) is 6.41. The fourth-order valence-electron chi connectivity index (χ4n) is 0.463. The highest BCUT2D eigenvalue weighted by molar-refractivity contribution is 5.14. The average Bonchev–Trinajstić information content (AvgIpc) is 1.63. The number of hydrogen-bond acceptors (Lipinski definition) is 1. The Labute approximate surface area is 56.7 Å². The van der Waals surface area contributed by atoms with Crippen molar-refractivity contribution in [2.24, 2.45) is 0 Å². The maximum Gasteiger partial charge on any atom is -0.0614 e. The van der Waals surface area contributed by atoms with Gasteiger partial charge in [-0.25, -0.2) is 5.57 Å². The first kappa shape index (κ1) is 8.28. The summed E-state index contributed by atoms with van der Waals surface area (Å²) in [5, 5.41) is 10.6. The molecule has 0 bridgehead atoms. The first-order chi connectivity index (χ1) is 4.04. The van der Waals surface area contributed by atoms with E-state index in [2.05, 4.69) is 6.08 Å². The molecule has 9 heavy (non-hydrogen) atoms. The van der Waals surface area contributed by atoms with Gasteiger partial charge in [0.05, 0.1) is 0 Å². The molecule has 0 aromatic heterocycles. The van der Waals surface area contributed by atoms with Crippen molar-refractivity contribution in [1.82, 2.24) is 0 Å². The molecule has 0 heterocycles. The summed E-state index contributed by atoms with van der Waals surface area (Å²) in [5.74, 6) is 0.0937. The van der Waals surface area contributed by atoms with Gasteiger partial charge in [-0.1, -0.05) is 20.8 Å². The highest BCUT2D eigenvalue weighted by atomic mass is 16.3. The summed E-state index contributed by atoms with van der Waals surface area (Å²) >= 11 is 0. The Morgan fingerprint density at radius 1 is 1.11 bits per heavy atom. The molecule has 0 aliphatic heterocycles. The van der Waals surface area contributed by atoms with Crippen molar-refractivity contribution >= 4 is 0 Å². The van der Waals surface area contributed by atoms with Crippen LogP contribution >= 0.6 is 0 Å². The summed E-state index contributed by atoms with van der Waals surface area (Å²) in [5.41, 5.74) is 1.75. The van der Waals surface area contributed by atoms with Gasteiger partial charge in [0.1, 0.15) is 0 Å². The Balaban J connectivity index is 4.25. The predicted octanol–water partition coefficient (Wildman–Crippen LogP) is 1.41. The van der Waals surface area contributed by atoms with E-state index in [1.165, 1.54) is 0 Å². The smallest absolute Gasteiger partial charge is 0.0614 e. The Morgan fingerprint density at radius 3 is 1.67 bits per heavy atom. The van der Waals surface area contributed by atoms with Crippen molar-refractivity contribution in [3.63, 3.8) is 0 Å². The fraction of sp³-hybridized carbons (Fsp3) is 0.500. The maximum absolute atomic E-state index is 10.6. The minimum absolute atomic E-state index is 0.0937. The number of allylic oxidation sites excluding steroid dienone is 4. The second-order valence-corrected chi connectivity index (χ2v) is 2.31. The lowest BCUT2D eigenvalue weighted by Gasteiger charge is -2.20. The highest BCUT2D eigenvalue weighted by Crippen LogP contribution is 2.00. The third kappa shape index (κ3) is 3.83. The normalized spacial score (nSPS) is 12.4. The molecule has 0 unspecified atom stereocenters. The lowest BCUT2D eigenvalue weighted by Crippen LogP contribution is -2.00. The van der Waals surface area contributed by atoms with Crippen LogP contribution in [-0.4, -0.2) is 0 Å². The predicted molar refractivity (Wildman–Crippen MR) is 36.5 cm³/mol. The molecule has 52 valence electrons. The van der Waals surface area contributed by atoms with Gasteiger partial charge in [-0.15, -0.1) is 6.92 Å². The second-order valence-electron chi connectivity index (χ2n) is 2.31. The molecule has 0 aliphatic carbocycles. The van der Waals surface area contributed by atoms with Gasteiger partial charge in [-0.2, -0.15) is 5.57 Å². The maximum atomic E-state index is 10.6. The Kier molecular flexibility index (Phi) is 3.07. The average molecular weight is 124 g/mol. The Hall–Kier alpha value is -0.720. The van der Waals surface area contributed by atoms with Crippen LogP contribution in [-0.2, 0) is 0 Å². The molecule has 0 aromatic rings. The fourth-order valence-corrected chi connectivity index (χ4v) is 0.463. The van der Waals surface area contributed by atoms with Crippen LogP contribution in [0.1, 0.15) is 27.7 Å². The molecular weight excluding hydrogens is 112 g/mol. The molecule has 0 saturated carbocycles. The third-order valence-corrected chi connectivity index (χ3v) is 0.966. The van der Waals surface area contributed by atoms with Crippen LogP contribution in [0.5, 0.6) is 0 Å². The first-order valence-electron chi connectivity index (χ1n) is 2.95. The van der Waals surface area contributed by atoms with Crippen LogP contribution in [0.4, 0.5) is 0 Å². The SMILES string of the molecule is CC(C)=[C-]C(C)=C(C)[O-]. The van der Waals surface area contributed by atoms with Gasteiger partial charge in [0.25, 0.3) is 0 Å². The van der Waals surface area contributed by atoms with Crippen LogP contribution in [0, 0.1) is 6.08 Å². The van der Waals surface area contributed by atoms with Crippen molar-refractivity contribution in [1.29, 1.82) is 0 Å². The van der Waals surface area contributed by atoms with Crippen LogP contribution in [0.3, 0.4) is 0 Å². The van der Waals surface area contributed by atoms with Gasteiger partial charge in [0, 0.05) is 0 Å². The van der Waals surface area contributed by atoms with E-state index in [-0.39, 0.29) is 5.76 Å². The van der Waals surface area contributed by atoms with Crippen LogP contribution in [0.15, 0.2) is 16.9 Å². The molecule has 0 N–H and O–H groups in total. The molecule has 0 rings (SSSR count). The van der Waals surface area contributed by atoms with E-state index in [4.69, 9.17) is 0 Å². The van der Waals surface area contributed by atoms with Crippen LogP contribution < -0.4 is 5.11 Å². The monoisotopic (exact) mass is 124 g/mol. The van der Waals surface area contributed by atoms with E-state index in [0.717, 1.165) is 5.57 Å². The zero-order chi connectivity index (χ0) is 7.44. The van der Waals surface area contributed by atoms with Gasteiger partial charge in [0.2, 0.25) is 0 Å². The number of hydrogen-bond donors (Lipinski definition) is 0. The minimum Gasteiger partial charge on any atom is -0.957 e. The second kappa shape index (κ2) is 3.33. The topological polar surface area (TPSA) is 23.1 Å². The van der Waals surface area contributed by atoms with Gasteiger partial charge >= 0.3 is 0 Å². The molecule has 1 nitrogen and oxygen atoms in total. The van der Waals surface area contributed by atoms with Crippen molar-refractivity contribution in [3.8, 4) is 0 Å². The van der Waals surface area contributed by atoms with Crippen molar-refractivity contribution < 1.29 is 5.11 Å². The van der Waals surface area contributed by atoms with Crippen molar-refractivity contribution in [2.45, 2.75) is 27.7 Å². The Morgan fingerprint density at radius 2 is 1.56 bits per heavy atom. The lowest BCUT2D eigenvalue weighted by atomic mass is 10.2. The van der Waals surface area contributed by atoms with Crippen LogP contribution in [0.2, 0.25) is 0 Å². The summed E-state index contributed by atoms with van der Waals surface area (Å²) < 4.78 is 0. The van der Waals surface area contributed by atoms with E-state index in [1.807, 2.05) is 13.8 Å². The number of rotatable bonds is 1. The standard InChI is InChI=1S/C8H13O/c1-6(2)5-7(3)8(4)9/h9H,1-4H3/q-1/p-1. The summed E-state index contributed by atoms with van der Waals surface area (Å²) in [6, 6.07) is 0. The van der Waals surface area contributed by atoms with Crippen LogP contribution in [0.25, 0.3) is 0 Å². The Bertz CT molecular complexity index is 144. The van der Waals surface area contributed by atoms with Crippen molar-refractivity contribution in [3.05, 3.63) is 23.0 Å². The molecule has 0 saturated heterocycles. The van der Waals surface area contributed by atoms with E-state index < -0.39 is 0 Å². The van der Waals surface area contributed by atoms with Gasteiger partial charge in [-0.05, 0) is 0 Å². The first-order valence-corrected chi connectivity index (χ1v) is 2.95. The highest BCUT2D eigenvalue weighted by Gasteiger charge is 1.67. The molecule has 0 fully saturated rings. The summed E-state index contributed by atoms with van der Waals surface area (Å²) in [4.78, 5) is 0. The lowest BCUT2D eigenvalue weighted by molar-refractivity contribution is -0.303. The molecular formula is C8H12O-2.